The zero-order valence-corrected chi connectivity index (χ0v) is 12.6. The van der Waals surface area contributed by atoms with Crippen LogP contribution in [0.4, 0.5) is 0 Å². The smallest absolute Gasteiger partial charge is 0.274 e. The molecule has 0 bridgehead atoms. The van der Waals surface area contributed by atoms with Crippen LogP contribution in [-0.2, 0) is 16.6 Å². The Kier molecular flexibility index (Phi) is 5.54. The molecular weight excluding hydrogens is 268 g/mol. The van der Waals surface area contributed by atoms with Crippen molar-refractivity contribution in [1.29, 1.82) is 0 Å². The Morgan fingerprint density at radius 2 is 2.00 bits per heavy atom. The molecule has 0 aliphatic rings. The van der Waals surface area contributed by atoms with Gasteiger partial charge in [0.05, 0.1) is 0 Å². The molecule has 2 N–H and O–H groups in total. The van der Waals surface area contributed by atoms with E-state index in [0.717, 1.165) is 0 Å². The third-order valence-electron chi connectivity index (χ3n) is 2.73. The van der Waals surface area contributed by atoms with Crippen LogP contribution in [0.25, 0.3) is 0 Å². The molecule has 110 valence electrons. The normalized spacial score (nSPS) is 14.3. The average molecular weight is 290 g/mol. The fourth-order valence-corrected chi connectivity index (χ4v) is 2.95. The van der Waals surface area contributed by atoms with Gasteiger partial charge in [0.1, 0.15) is 12.4 Å². The number of nitrogens with zero attached hydrogens (tertiary/aromatic N) is 1. The van der Waals surface area contributed by atoms with Gasteiger partial charge in [0.15, 0.2) is 0 Å². The van der Waals surface area contributed by atoms with Crippen LogP contribution < -0.4 is 4.72 Å². The molecular formula is C12H22N2O4S. The number of hydrogen-bond donors (Lipinski definition) is 2. The van der Waals surface area contributed by atoms with E-state index < -0.39 is 10.0 Å². The number of furan rings is 1. The van der Waals surface area contributed by atoms with Gasteiger partial charge < -0.3 is 14.4 Å². The van der Waals surface area contributed by atoms with Crippen molar-refractivity contribution < 1.29 is 17.9 Å². The predicted octanol–water partition coefficient (Wildman–Crippen LogP) is 0.636. The highest BCUT2D eigenvalue weighted by atomic mass is 32.2. The first-order valence-corrected chi connectivity index (χ1v) is 7.61. The van der Waals surface area contributed by atoms with E-state index in [-0.39, 0.29) is 29.4 Å². The minimum atomic E-state index is -3.69. The monoisotopic (exact) mass is 290 g/mol. The molecule has 1 heterocycles. The zero-order chi connectivity index (χ0) is 14.6. The van der Waals surface area contributed by atoms with E-state index in [1.807, 2.05) is 32.8 Å². The lowest BCUT2D eigenvalue weighted by Crippen LogP contribution is -2.44. The summed E-state index contributed by atoms with van der Waals surface area (Å²) in [6.45, 7) is 4.20. The van der Waals surface area contributed by atoms with Crippen molar-refractivity contribution >= 4 is 10.0 Å². The molecule has 1 atom stereocenters. The summed E-state index contributed by atoms with van der Waals surface area (Å²) in [5.41, 5.74) is 0. The standard InChI is InChI=1S/C12H22N2O4S/c1-9(2)11(7-14(3)4)13-19(16,17)12-6-5-10(8-15)18-12/h5-6,9,11,13,15H,7-8H2,1-4H3. The van der Waals surface area contributed by atoms with E-state index in [4.69, 9.17) is 9.52 Å². The van der Waals surface area contributed by atoms with E-state index >= 15 is 0 Å². The maximum absolute atomic E-state index is 12.2. The van der Waals surface area contributed by atoms with Crippen molar-refractivity contribution in [2.45, 2.75) is 31.6 Å². The molecule has 0 fully saturated rings. The van der Waals surface area contributed by atoms with Crippen LogP contribution in [0.15, 0.2) is 21.6 Å². The lowest BCUT2D eigenvalue weighted by atomic mass is 10.1. The number of sulfonamides is 1. The molecule has 1 aromatic heterocycles. The first-order valence-electron chi connectivity index (χ1n) is 6.13. The maximum atomic E-state index is 12.2. The van der Waals surface area contributed by atoms with E-state index in [2.05, 4.69) is 4.72 Å². The van der Waals surface area contributed by atoms with Crippen LogP contribution in [0.3, 0.4) is 0 Å². The van der Waals surface area contributed by atoms with Crippen LogP contribution in [0.2, 0.25) is 0 Å². The second-order valence-electron chi connectivity index (χ2n) is 5.11. The highest BCUT2D eigenvalue weighted by Gasteiger charge is 2.25. The lowest BCUT2D eigenvalue weighted by molar-refractivity contribution is 0.235. The van der Waals surface area contributed by atoms with Crippen molar-refractivity contribution in [2.75, 3.05) is 20.6 Å². The second kappa shape index (κ2) is 6.51. The molecule has 0 saturated heterocycles. The Morgan fingerprint density at radius 1 is 1.37 bits per heavy atom. The van der Waals surface area contributed by atoms with Gasteiger partial charge in [-0.1, -0.05) is 13.8 Å². The molecule has 1 aromatic rings. The molecule has 19 heavy (non-hydrogen) atoms. The van der Waals surface area contributed by atoms with Crippen LogP contribution in [0.5, 0.6) is 0 Å². The molecule has 7 heteroatoms. The van der Waals surface area contributed by atoms with Gasteiger partial charge in [0.25, 0.3) is 10.0 Å². The van der Waals surface area contributed by atoms with Crippen LogP contribution in [0, 0.1) is 5.92 Å². The van der Waals surface area contributed by atoms with Crippen molar-refractivity contribution in [3.8, 4) is 0 Å². The number of likely N-dealkylation sites (N-methyl/N-ethyl adjacent to an activating group) is 1. The second-order valence-corrected chi connectivity index (χ2v) is 6.76. The van der Waals surface area contributed by atoms with Gasteiger partial charge in [0, 0.05) is 12.6 Å². The van der Waals surface area contributed by atoms with E-state index in [0.29, 0.717) is 6.54 Å². The average Bonchev–Trinajstić information content (AvgIpc) is 2.76. The molecule has 0 spiro atoms. The molecule has 0 amide bonds. The van der Waals surface area contributed by atoms with Crippen LogP contribution in [-0.4, -0.2) is 45.1 Å². The third-order valence-corrected chi connectivity index (χ3v) is 4.09. The molecule has 0 radical (unpaired) electrons. The highest BCUT2D eigenvalue weighted by Crippen LogP contribution is 2.15. The number of aliphatic hydroxyl groups excluding tert-OH is 1. The van der Waals surface area contributed by atoms with Crippen molar-refractivity contribution in [3.63, 3.8) is 0 Å². The summed E-state index contributed by atoms with van der Waals surface area (Å²) < 4.78 is 32.0. The minimum absolute atomic E-state index is 0.157. The topological polar surface area (TPSA) is 82.8 Å². The van der Waals surface area contributed by atoms with Gasteiger partial charge in [-0.05, 0) is 32.1 Å². The van der Waals surface area contributed by atoms with E-state index in [1.54, 1.807) is 0 Å². The molecule has 0 aliphatic heterocycles. The Bertz CT molecular complexity index is 494. The predicted molar refractivity (Wildman–Crippen MR) is 72.1 cm³/mol. The number of hydrogen-bond acceptors (Lipinski definition) is 5. The summed E-state index contributed by atoms with van der Waals surface area (Å²) in [7, 11) is 0.0848. The van der Waals surface area contributed by atoms with Gasteiger partial charge in [0.2, 0.25) is 5.09 Å². The summed E-state index contributed by atoms with van der Waals surface area (Å²) in [5.74, 6) is 0.388. The summed E-state index contributed by atoms with van der Waals surface area (Å²) >= 11 is 0. The van der Waals surface area contributed by atoms with E-state index in [9.17, 15) is 8.42 Å². The van der Waals surface area contributed by atoms with Gasteiger partial charge in [-0.2, -0.15) is 0 Å². The number of rotatable bonds is 7. The van der Waals surface area contributed by atoms with Crippen molar-refractivity contribution in [3.05, 3.63) is 17.9 Å². The molecule has 0 aromatic carbocycles. The van der Waals surface area contributed by atoms with Crippen molar-refractivity contribution in [1.82, 2.24) is 9.62 Å². The van der Waals surface area contributed by atoms with Crippen molar-refractivity contribution in [2.24, 2.45) is 5.92 Å². The Balaban J connectivity index is 2.87. The maximum Gasteiger partial charge on any atom is 0.274 e. The number of aliphatic hydroxyl groups is 1. The third kappa shape index (κ3) is 4.61. The van der Waals surface area contributed by atoms with Crippen LogP contribution >= 0.6 is 0 Å². The van der Waals surface area contributed by atoms with Gasteiger partial charge in [-0.3, -0.25) is 0 Å². The Hall–Kier alpha value is -0.890. The summed E-state index contributed by atoms with van der Waals surface area (Å²) in [6, 6.07) is 2.59. The molecule has 0 saturated carbocycles. The van der Waals surface area contributed by atoms with Gasteiger partial charge in [-0.25, -0.2) is 13.1 Å². The fraction of sp³-hybridized carbons (Fsp3) is 0.667. The summed E-state index contributed by atoms with van der Waals surface area (Å²) in [4.78, 5) is 1.93. The Morgan fingerprint density at radius 3 is 2.42 bits per heavy atom. The van der Waals surface area contributed by atoms with Gasteiger partial charge in [-0.15, -0.1) is 0 Å². The highest BCUT2D eigenvalue weighted by molar-refractivity contribution is 7.89. The first-order chi connectivity index (χ1) is 8.76. The SMILES string of the molecule is CC(C)C(CN(C)C)NS(=O)(=O)c1ccc(CO)o1. The lowest BCUT2D eigenvalue weighted by Gasteiger charge is -2.24. The quantitative estimate of drug-likeness (QED) is 0.770. The summed E-state index contributed by atoms with van der Waals surface area (Å²) in [5, 5.41) is 8.72. The van der Waals surface area contributed by atoms with Crippen LogP contribution in [0.1, 0.15) is 19.6 Å². The molecule has 6 nitrogen and oxygen atoms in total. The largest absolute Gasteiger partial charge is 0.446 e. The zero-order valence-electron chi connectivity index (χ0n) is 11.8. The summed E-state index contributed by atoms with van der Waals surface area (Å²) in [6.07, 6.45) is 0. The fourth-order valence-electron chi connectivity index (χ4n) is 1.62. The number of nitrogens with one attached hydrogen (secondary N) is 1. The minimum Gasteiger partial charge on any atom is -0.446 e. The first kappa shape index (κ1) is 16.2. The molecule has 1 unspecified atom stereocenters. The Labute approximate surface area is 114 Å². The molecule has 0 aliphatic carbocycles. The molecule has 1 rings (SSSR count). The van der Waals surface area contributed by atoms with Gasteiger partial charge >= 0.3 is 0 Å². The van der Waals surface area contributed by atoms with E-state index in [1.165, 1.54) is 12.1 Å².